The summed E-state index contributed by atoms with van der Waals surface area (Å²) in [7, 11) is 0. The monoisotopic (exact) mass is 261 g/mol. The van der Waals surface area contributed by atoms with Gasteiger partial charge in [-0.2, -0.15) is 0 Å². The van der Waals surface area contributed by atoms with E-state index >= 15 is 0 Å². The topological polar surface area (TPSA) is 67.1 Å². The van der Waals surface area contributed by atoms with E-state index in [0.717, 1.165) is 0 Å². The summed E-state index contributed by atoms with van der Waals surface area (Å²) in [5, 5.41) is 9.43. The number of rotatable bonds is 2. The standard InChI is InChI=1S/C13H15N3O3/c1-9-8-15(6-7-19-9)12-11(13(17)18)16-5-3-2-4-10(16)14-12/h2-5,9H,6-8H2,1H3,(H,17,18). The Balaban J connectivity index is 2.11. The van der Waals surface area contributed by atoms with Crippen LogP contribution in [0.4, 0.5) is 5.82 Å². The van der Waals surface area contributed by atoms with E-state index in [1.807, 2.05) is 17.9 Å². The first-order valence-corrected chi connectivity index (χ1v) is 6.24. The number of aromatic carboxylic acids is 1. The minimum Gasteiger partial charge on any atom is -0.476 e. The fraction of sp³-hybridized carbons (Fsp3) is 0.385. The van der Waals surface area contributed by atoms with Gasteiger partial charge in [0.05, 0.1) is 12.7 Å². The summed E-state index contributed by atoms with van der Waals surface area (Å²) in [6.07, 6.45) is 1.80. The van der Waals surface area contributed by atoms with E-state index in [1.165, 1.54) is 0 Å². The Kier molecular flexibility index (Phi) is 2.87. The van der Waals surface area contributed by atoms with Crippen LogP contribution in [0.25, 0.3) is 5.65 Å². The Labute approximate surface area is 110 Å². The Morgan fingerprint density at radius 3 is 3.11 bits per heavy atom. The molecule has 6 heteroatoms. The summed E-state index contributed by atoms with van der Waals surface area (Å²) in [6, 6.07) is 5.45. The van der Waals surface area contributed by atoms with Gasteiger partial charge in [0.25, 0.3) is 0 Å². The molecule has 2 aromatic rings. The maximum Gasteiger partial charge on any atom is 0.356 e. The first-order chi connectivity index (χ1) is 9.16. The summed E-state index contributed by atoms with van der Waals surface area (Å²) < 4.78 is 7.09. The van der Waals surface area contributed by atoms with Gasteiger partial charge in [-0.3, -0.25) is 4.40 Å². The number of morpholine rings is 1. The summed E-state index contributed by atoms with van der Waals surface area (Å²) in [5.41, 5.74) is 0.860. The molecule has 1 unspecified atom stereocenters. The van der Waals surface area contributed by atoms with E-state index in [4.69, 9.17) is 4.74 Å². The lowest BCUT2D eigenvalue weighted by molar-refractivity contribution is 0.0525. The zero-order valence-electron chi connectivity index (χ0n) is 10.6. The molecule has 0 aliphatic carbocycles. The summed E-state index contributed by atoms with van der Waals surface area (Å²) in [6.45, 7) is 3.88. The zero-order chi connectivity index (χ0) is 13.4. The number of aromatic nitrogens is 2. The van der Waals surface area contributed by atoms with Gasteiger partial charge >= 0.3 is 5.97 Å². The number of carboxylic acids is 1. The molecule has 1 aliphatic rings. The molecule has 6 nitrogen and oxygen atoms in total. The van der Waals surface area contributed by atoms with Gasteiger partial charge in [0.15, 0.2) is 11.5 Å². The highest BCUT2D eigenvalue weighted by molar-refractivity contribution is 5.93. The molecule has 0 spiro atoms. The minimum absolute atomic E-state index is 0.0835. The molecule has 3 heterocycles. The van der Waals surface area contributed by atoms with Gasteiger partial charge in [0.2, 0.25) is 0 Å². The average Bonchev–Trinajstić information content (AvgIpc) is 2.78. The maximum absolute atomic E-state index is 11.5. The highest BCUT2D eigenvalue weighted by Gasteiger charge is 2.26. The molecule has 0 radical (unpaired) electrons. The third-order valence-electron chi connectivity index (χ3n) is 3.25. The normalized spacial score (nSPS) is 19.8. The van der Waals surface area contributed by atoms with E-state index in [2.05, 4.69) is 4.98 Å². The number of ether oxygens (including phenoxy) is 1. The molecule has 1 saturated heterocycles. The molecule has 2 aromatic heterocycles. The smallest absolute Gasteiger partial charge is 0.356 e. The number of hydrogen-bond donors (Lipinski definition) is 1. The Morgan fingerprint density at radius 2 is 2.37 bits per heavy atom. The van der Waals surface area contributed by atoms with Crippen molar-refractivity contribution in [1.29, 1.82) is 0 Å². The SMILES string of the molecule is CC1CN(c2nc3ccccn3c2C(=O)O)CCO1. The van der Waals surface area contributed by atoms with Crippen molar-refractivity contribution in [2.24, 2.45) is 0 Å². The van der Waals surface area contributed by atoms with Crippen molar-refractivity contribution < 1.29 is 14.6 Å². The minimum atomic E-state index is -0.965. The number of carboxylic acid groups (broad SMARTS) is 1. The molecule has 0 bridgehead atoms. The van der Waals surface area contributed by atoms with E-state index in [-0.39, 0.29) is 11.8 Å². The fourth-order valence-corrected chi connectivity index (χ4v) is 2.41. The second kappa shape index (κ2) is 4.55. The van der Waals surface area contributed by atoms with Crippen LogP contribution in [0.1, 0.15) is 17.4 Å². The third-order valence-corrected chi connectivity index (χ3v) is 3.25. The summed E-state index contributed by atoms with van der Waals surface area (Å²) >= 11 is 0. The molecule has 0 amide bonds. The molecule has 1 aliphatic heterocycles. The van der Waals surface area contributed by atoms with E-state index in [1.54, 1.807) is 22.7 Å². The molecule has 100 valence electrons. The summed E-state index contributed by atoms with van der Waals surface area (Å²) in [5.74, 6) is -0.443. The van der Waals surface area contributed by atoms with Crippen molar-refractivity contribution in [3.8, 4) is 0 Å². The van der Waals surface area contributed by atoms with E-state index in [9.17, 15) is 9.90 Å². The van der Waals surface area contributed by atoms with E-state index < -0.39 is 5.97 Å². The lowest BCUT2D eigenvalue weighted by atomic mass is 10.3. The van der Waals surface area contributed by atoms with Crippen molar-refractivity contribution in [1.82, 2.24) is 9.38 Å². The van der Waals surface area contributed by atoms with Crippen molar-refractivity contribution >= 4 is 17.4 Å². The number of hydrogen-bond acceptors (Lipinski definition) is 4. The largest absolute Gasteiger partial charge is 0.476 e. The molecule has 0 aromatic carbocycles. The average molecular weight is 261 g/mol. The first kappa shape index (κ1) is 12.0. The molecular formula is C13H15N3O3. The lowest BCUT2D eigenvalue weighted by Gasteiger charge is -2.31. The van der Waals surface area contributed by atoms with Crippen LogP contribution in [0.2, 0.25) is 0 Å². The second-order valence-corrected chi connectivity index (χ2v) is 4.65. The number of fused-ring (bicyclic) bond motifs is 1. The highest BCUT2D eigenvalue weighted by atomic mass is 16.5. The fourth-order valence-electron chi connectivity index (χ4n) is 2.41. The summed E-state index contributed by atoms with van der Waals surface area (Å²) in [4.78, 5) is 17.9. The zero-order valence-corrected chi connectivity index (χ0v) is 10.6. The highest BCUT2D eigenvalue weighted by Crippen LogP contribution is 2.23. The molecular weight excluding hydrogens is 246 g/mol. The van der Waals surface area contributed by atoms with Crippen molar-refractivity contribution in [2.45, 2.75) is 13.0 Å². The molecule has 1 N–H and O–H groups in total. The van der Waals surface area contributed by atoms with Crippen LogP contribution in [0.15, 0.2) is 24.4 Å². The van der Waals surface area contributed by atoms with Gasteiger partial charge in [-0.1, -0.05) is 6.07 Å². The number of nitrogens with zero attached hydrogens (tertiary/aromatic N) is 3. The quantitative estimate of drug-likeness (QED) is 0.881. The third kappa shape index (κ3) is 2.04. The van der Waals surface area contributed by atoms with Crippen LogP contribution in [0.5, 0.6) is 0 Å². The number of pyridine rings is 1. The molecule has 19 heavy (non-hydrogen) atoms. The van der Waals surface area contributed by atoms with Crippen LogP contribution in [0, 0.1) is 0 Å². The molecule has 3 rings (SSSR count). The van der Waals surface area contributed by atoms with Gasteiger partial charge in [-0.15, -0.1) is 0 Å². The maximum atomic E-state index is 11.5. The van der Waals surface area contributed by atoms with Crippen molar-refractivity contribution in [3.05, 3.63) is 30.1 Å². The van der Waals surface area contributed by atoms with Crippen LogP contribution < -0.4 is 4.90 Å². The van der Waals surface area contributed by atoms with Gasteiger partial charge in [-0.05, 0) is 19.1 Å². The predicted molar refractivity (Wildman–Crippen MR) is 69.8 cm³/mol. The second-order valence-electron chi connectivity index (χ2n) is 4.65. The van der Waals surface area contributed by atoms with E-state index in [0.29, 0.717) is 31.2 Å². The van der Waals surface area contributed by atoms with Gasteiger partial charge in [0, 0.05) is 19.3 Å². The Morgan fingerprint density at radius 1 is 1.53 bits per heavy atom. The number of carbonyl (C=O) groups is 1. The van der Waals surface area contributed by atoms with Crippen LogP contribution in [0.3, 0.4) is 0 Å². The lowest BCUT2D eigenvalue weighted by Crippen LogP contribution is -2.42. The predicted octanol–water partition coefficient (Wildman–Crippen LogP) is 1.26. The van der Waals surface area contributed by atoms with Gasteiger partial charge < -0.3 is 14.7 Å². The van der Waals surface area contributed by atoms with Crippen molar-refractivity contribution in [2.75, 3.05) is 24.6 Å². The number of imidazole rings is 1. The van der Waals surface area contributed by atoms with Crippen LogP contribution >= 0.6 is 0 Å². The van der Waals surface area contributed by atoms with Crippen LogP contribution in [-0.2, 0) is 4.74 Å². The van der Waals surface area contributed by atoms with Gasteiger partial charge in [-0.25, -0.2) is 9.78 Å². The first-order valence-electron chi connectivity index (χ1n) is 6.24. The Bertz CT molecular complexity index is 623. The van der Waals surface area contributed by atoms with Crippen LogP contribution in [-0.4, -0.2) is 46.3 Å². The Hall–Kier alpha value is -2.08. The number of anilines is 1. The van der Waals surface area contributed by atoms with Gasteiger partial charge in [0.1, 0.15) is 5.65 Å². The molecule has 1 atom stereocenters. The van der Waals surface area contributed by atoms with Crippen molar-refractivity contribution in [3.63, 3.8) is 0 Å². The molecule has 1 fully saturated rings. The molecule has 0 saturated carbocycles.